The molecule has 1 heterocycles. The maximum atomic E-state index is 13.2. The third-order valence-corrected chi connectivity index (χ3v) is 4.93. The van der Waals surface area contributed by atoms with Crippen molar-refractivity contribution in [3.05, 3.63) is 58.5 Å². The van der Waals surface area contributed by atoms with E-state index >= 15 is 0 Å². The first-order valence-corrected chi connectivity index (χ1v) is 9.08. The van der Waals surface area contributed by atoms with Crippen LogP contribution in [-0.2, 0) is 0 Å². The molecule has 6 nitrogen and oxygen atoms in total. The highest BCUT2D eigenvalue weighted by Gasteiger charge is 2.23. The summed E-state index contributed by atoms with van der Waals surface area (Å²) in [5.41, 5.74) is 6.03. The maximum Gasteiger partial charge on any atom is 0.251 e. The first-order valence-electron chi connectivity index (χ1n) is 8.70. The molecule has 2 aromatic rings. The van der Waals surface area contributed by atoms with Gasteiger partial charge in [-0.15, -0.1) is 0 Å². The summed E-state index contributed by atoms with van der Waals surface area (Å²) < 4.78 is 13.2. The maximum absolute atomic E-state index is 13.2. The van der Waals surface area contributed by atoms with Gasteiger partial charge in [-0.05, 0) is 56.0 Å². The number of hydrogen-bond donors (Lipinski definition) is 3. The number of rotatable bonds is 5. The molecule has 142 valence electrons. The Morgan fingerprint density at radius 1 is 1.07 bits per heavy atom. The number of amides is 2. The van der Waals surface area contributed by atoms with Gasteiger partial charge in [0.2, 0.25) is 5.91 Å². The van der Waals surface area contributed by atoms with Crippen LogP contribution in [0.4, 0.5) is 10.2 Å². The molecule has 8 heteroatoms. The Kier molecular flexibility index (Phi) is 5.91. The molecule has 27 heavy (non-hydrogen) atoms. The quantitative estimate of drug-likeness (QED) is 0.730. The average Bonchev–Trinajstić information content (AvgIpc) is 2.65. The van der Waals surface area contributed by atoms with E-state index in [9.17, 15) is 14.0 Å². The summed E-state index contributed by atoms with van der Waals surface area (Å²) in [5, 5.41) is 6.20. The molecule has 0 radical (unpaired) electrons. The lowest BCUT2D eigenvalue weighted by Gasteiger charge is -2.30. The van der Waals surface area contributed by atoms with Crippen LogP contribution < -0.4 is 16.4 Å². The van der Waals surface area contributed by atoms with Crippen LogP contribution in [0.1, 0.15) is 46.4 Å². The summed E-state index contributed by atoms with van der Waals surface area (Å²) in [6, 6.07) is 7.39. The Morgan fingerprint density at radius 2 is 1.78 bits per heavy atom. The van der Waals surface area contributed by atoms with E-state index in [0.717, 1.165) is 25.7 Å². The van der Waals surface area contributed by atoms with Crippen LogP contribution in [0.3, 0.4) is 0 Å². The Morgan fingerprint density at radius 3 is 2.44 bits per heavy atom. The number of halogens is 2. The fourth-order valence-corrected chi connectivity index (χ4v) is 3.34. The molecule has 0 aliphatic heterocycles. The molecule has 1 aromatic carbocycles. The van der Waals surface area contributed by atoms with Crippen molar-refractivity contribution in [3.8, 4) is 0 Å². The molecule has 2 amide bonds. The van der Waals surface area contributed by atoms with E-state index in [4.69, 9.17) is 17.3 Å². The van der Waals surface area contributed by atoms with Crippen LogP contribution in [0, 0.1) is 5.82 Å². The monoisotopic (exact) mass is 390 g/mol. The number of nitrogens with two attached hydrogens (primary N) is 1. The largest absolute Gasteiger partial charge is 0.367 e. The molecule has 1 aliphatic carbocycles. The molecule has 4 N–H and O–H groups in total. The second-order valence-corrected chi connectivity index (χ2v) is 7.00. The Hall–Kier alpha value is -2.67. The predicted molar refractivity (Wildman–Crippen MR) is 101 cm³/mol. The van der Waals surface area contributed by atoms with Gasteiger partial charge in [0, 0.05) is 29.4 Å². The second-order valence-electron chi connectivity index (χ2n) is 6.59. The number of pyridine rings is 1. The number of hydrogen-bond acceptors (Lipinski definition) is 4. The Balaban J connectivity index is 1.51. The molecule has 1 aromatic heterocycles. The van der Waals surface area contributed by atoms with Crippen LogP contribution in [0.25, 0.3) is 0 Å². The summed E-state index contributed by atoms with van der Waals surface area (Å²) in [6.45, 7) is 0. The first kappa shape index (κ1) is 19.1. The summed E-state index contributed by atoms with van der Waals surface area (Å²) in [6.07, 6.45) is 4.83. The third kappa shape index (κ3) is 4.95. The molecule has 0 spiro atoms. The van der Waals surface area contributed by atoms with E-state index in [0.29, 0.717) is 16.9 Å². The Labute approximate surface area is 161 Å². The van der Waals surface area contributed by atoms with E-state index in [-0.39, 0.29) is 23.0 Å². The fraction of sp³-hybridized carbons (Fsp3) is 0.316. The number of aromatic nitrogens is 1. The molecule has 0 unspecified atom stereocenters. The highest BCUT2D eigenvalue weighted by molar-refractivity contribution is 6.31. The van der Waals surface area contributed by atoms with Crippen LogP contribution in [0.5, 0.6) is 0 Å². The molecule has 0 bridgehead atoms. The minimum absolute atomic E-state index is 0.0456. The number of nitrogens with one attached hydrogen (secondary N) is 2. The van der Waals surface area contributed by atoms with Gasteiger partial charge in [-0.3, -0.25) is 9.59 Å². The third-order valence-electron chi connectivity index (χ3n) is 4.64. The number of primary amides is 1. The minimum atomic E-state index is -0.547. The van der Waals surface area contributed by atoms with Crippen molar-refractivity contribution >= 4 is 29.2 Å². The standard InChI is InChI=1S/C19H20ClFN4O2/c20-15-9-12(1-6-16(15)21)19(27)25-14-4-2-13(3-5-14)24-17-10-11(18(22)26)7-8-23-17/h1,6-10,13-14H,2-5H2,(H2,22,26)(H,23,24)(H,25,27)/t13-,14+. The van der Waals surface area contributed by atoms with Gasteiger partial charge >= 0.3 is 0 Å². The molecule has 1 fully saturated rings. The van der Waals surface area contributed by atoms with Crippen molar-refractivity contribution in [2.45, 2.75) is 37.8 Å². The van der Waals surface area contributed by atoms with Gasteiger partial charge in [-0.2, -0.15) is 0 Å². The summed E-state index contributed by atoms with van der Waals surface area (Å²) in [4.78, 5) is 27.7. The average molecular weight is 391 g/mol. The van der Waals surface area contributed by atoms with E-state index in [1.807, 2.05) is 0 Å². The molecule has 1 aliphatic rings. The first-order chi connectivity index (χ1) is 12.9. The number of anilines is 1. The van der Waals surface area contributed by atoms with Crippen LogP contribution >= 0.6 is 11.6 Å². The zero-order chi connectivity index (χ0) is 19.4. The Bertz CT molecular complexity index is 853. The van der Waals surface area contributed by atoms with Crippen molar-refractivity contribution < 1.29 is 14.0 Å². The van der Waals surface area contributed by atoms with Crippen LogP contribution in [-0.4, -0.2) is 28.9 Å². The summed E-state index contributed by atoms with van der Waals surface area (Å²) >= 11 is 5.73. The molecule has 0 saturated heterocycles. The zero-order valence-electron chi connectivity index (χ0n) is 14.5. The number of carbonyl (C=O) groups excluding carboxylic acids is 2. The second kappa shape index (κ2) is 8.35. The predicted octanol–water partition coefficient (Wildman–Crippen LogP) is 3.13. The van der Waals surface area contributed by atoms with Gasteiger partial charge in [-0.25, -0.2) is 9.37 Å². The van der Waals surface area contributed by atoms with Gasteiger partial charge in [0.25, 0.3) is 5.91 Å². The van der Waals surface area contributed by atoms with Crippen LogP contribution in [0.2, 0.25) is 5.02 Å². The molecule has 0 atom stereocenters. The summed E-state index contributed by atoms with van der Waals surface area (Å²) in [7, 11) is 0. The van der Waals surface area contributed by atoms with Gasteiger partial charge < -0.3 is 16.4 Å². The highest BCUT2D eigenvalue weighted by atomic mass is 35.5. The topological polar surface area (TPSA) is 97.1 Å². The number of benzene rings is 1. The minimum Gasteiger partial charge on any atom is -0.367 e. The lowest BCUT2D eigenvalue weighted by Crippen LogP contribution is -2.40. The van der Waals surface area contributed by atoms with Crippen molar-refractivity contribution in [1.29, 1.82) is 0 Å². The molecular formula is C19H20ClFN4O2. The van der Waals surface area contributed by atoms with Gasteiger partial charge in [0.1, 0.15) is 11.6 Å². The normalized spacial score (nSPS) is 19.3. The van der Waals surface area contributed by atoms with Gasteiger partial charge in [0.05, 0.1) is 5.02 Å². The molecule has 1 saturated carbocycles. The van der Waals surface area contributed by atoms with Gasteiger partial charge in [-0.1, -0.05) is 11.6 Å². The lowest BCUT2D eigenvalue weighted by atomic mass is 9.91. The number of carbonyl (C=O) groups is 2. The van der Waals surface area contributed by atoms with E-state index < -0.39 is 11.7 Å². The van der Waals surface area contributed by atoms with Crippen LogP contribution in [0.15, 0.2) is 36.5 Å². The van der Waals surface area contributed by atoms with E-state index in [1.165, 1.54) is 18.2 Å². The molecular weight excluding hydrogens is 371 g/mol. The van der Waals surface area contributed by atoms with Crippen molar-refractivity contribution in [3.63, 3.8) is 0 Å². The lowest BCUT2D eigenvalue weighted by molar-refractivity contribution is 0.0925. The smallest absolute Gasteiger partial charge is 0.251 e. The van der Waals surface area contributed by atoms with Crippen molar-refractivity contribution in [2.75, 3.05) is 5.32 Å². The fourth-order valence-electron chi connectivity index (χ4n) is 3.16. The highest BCUT2D eigenvalue weighted by Crippen LogP contribution is 2.23. The van der Waals surface area contributed by atoms with Crippen molar-refractivity contribution in [1.82, 2.24) is 10.3 Å². The number of nitrogens with zero attached hydrogens (tertiary/aromatic N) is 1. The van der Waals surface area contributed by atoms with E-state index in [1.54, 1.807) is 18.3 Å². The SMILES string of the molecule is NC(=O)c1ccnc(N[C@H]2CC[C@@H](NC(=O)c3ccc(F)c(Cl)c3)CC2)c1. The van der Waals surface area contributed by atoms with E-state index in [2.05, 4.69) is 15.6 Å². The molecule has 3 rings (SSSR count). The van der Waals surface area contributed by atoms with Gasteiger partial charge in [0.15, 0.2) is 0 Å². The van der Waals surface area contributed by atoms with Crippen molar-refractivity contribution in [2.24, 2.45) is 5.73 Å². The zero-order valence-corrected chi connectivity index (χ0v) is 15.3. The summed E-state index contributed by atoms with van der Waals surface area (Å²) in [5.74, 6) is -0.689.